The van der Waals surface area contributed by atoms with Gasteiger partial charge < -0.3 is 9.64 Å². The number of ether oxygens (including phenoxy) is 1. The van der Waals surface area contributed by atoms with Crippen molar-refractivity contribution in [1.29, 1.82) is 0 Å². The van der Waals surface area contributed by atoms with E-state index in [1.807, 2.05) is 41.0 Å². The number of amides is 1. The molecule has 0 bridgehead atoms. The number of nitrogens with zero attached hydrogens (tertiary/aromatic N) is 2. The van der Waals surface area contributed by atoms with E-state index < -0.39 is 11.7 Å². The largest absolute Gasteiger partial charge is 0.497 e. The van der Waals surface area contributed by atoms with E-state index in [1.54, 1.807) is 19.2 Å². The maximum atomic E-state index is 13.3. The van der Waals surface area contributed by atoms with Gasteiger partial charge in [-0.25, -0.2) is 0 Å². The summed E-state index contributed by atoms with van der Waals surface area (Å²) in [5.74, 6) is 0.766. The number of anilines is 1. The lowest BCUT2D eigenvalue weighted by Gasteiger charge is -2.39. The van der Waals surface area contributed by atoms with Crippen molar-refractivity contribution in [2.75, 3.05) is 25.1 Å². The zero-order valence-corrected chi connectivity index (χ0v) is 17.3. The van der Waals surface area contributed by atoms with E-state index in [0.717, 1.165) is 17.5 Å². The third kappa shape index (κ3) is 5.14. The average Bonchev–Trinajstić information content (AvgIpc) is 2.75. The maximum absolute atomic E-state index is 13.3. The molecule has 1 aliphatic heterocycles. The summed E-state index contributed by atoms with van der Waals surface area (Å²) in [7, 11) is 1.59. The van der Waals surface area contributed by atoms with Crippen LogP contribution in [0.5, 0.6) is 5.75 Å². The van der Waals surface area contributed by atoms with Gasteiger partial charge in [-0.05, 0) is 48.7 Å². The molecule has 1 aliphatic rings. The van der Waals surface area contributed by atoms with Crippen LogP contribution in [0, 0.1) is 0 Å². The Kier molecular flexibility index (Phi) is 7.02. The Hall–Kier alpha value is -2.54. The topological polar surface area (TPSA) is 32.8 Å². The number of carbonyl (C=O) groups is 1. The summed E-state index contributed by atoms with van der Waals surface area (Å²) in [4.78, 5) is 16.5. The fourth-order valence-electron chi connectivity index (χ4n) is 3.98. The standard InChI is InChI=1S/C23H27F3N2O2/c1-3-22(29)28(18-8-10-20(30-2)11-9-18)19-12-14-27(15-13-19)16-17-6-4-5-7-21(17)23(24,25)26/h4-11,19H,3,12-16H2,1-2H3. The van der Waals surface area contributed by atoms with Crippen LogP contribution < -0.4 is 9.64 Å². The van der Waals surface area contributed by atoms with Gasteiger partial charge in [0.15, 0.2) is 0 Å². The maximum Gasteiger partial charge on any atom is 0.416 e. The summed E-state index contributed by atoms with van der Waals surface area (Å²) in [6.45, 7) is 3.37. The second kappa shape index (κ2) is 9.51. The smallest absolute Gasteiger partial charge is 0.416 e. The molecule has 30 heavy (non-hydrogen) atoms. The molecule has 0 aromatic heterocycles. The Morgan fingerprint density at radius 1 is 1.10 bits per heavy atom. The Labute approximate surface area is 175 Å². The predicted octanol–water partition coefficient (Wildman–Crippen LogP) is 5.12. The molecule has 7 heteroatoms. The number of halogens is 3. The zero-order valence-electron chi connectivity index (χ0n) is 17.3. The van der Waals surface area contributed by atoms with Gasteiger partial charge in [0, 0.05) is 37.8 Å². The number of hydrogen-bond acceptors (Lipinski definition) is 3. The van der Waals surface area contributed by atoms with Gasteiger partial charge in [-0.3, -0.25) is 9.69 Å². The van der Waals surface area contributed by atoms with Gasteiger partial charge in [0.2, 0.25) is 5.91 Å². The van der Waals surface area contributed by atoms with Crippen molar-refractivity contribution in [2.45, 2.75) is 44.9 Å². The molecule has 0 atom stereocenters. The van der Waals surface area contributed by atoms with Crippen LogP contribution >= 0.6 is 0 Å². The molecule has 1 heterocycles. The molecule has 0 saturated carbocycles. The number of alkyl halides is 3. The summed E-state index contributed by atoms with van der Waals surface area (Å²) in [5, 5.41) is 0. The lowest BCUT2D eigenvalue weighted by Crippen LogP contribution is -2.47. The van der Waals surface area contributed by atoms with E-state index in [2.05, 4.69) is 0 Å². The van der Waals surface area contributed by atoms with Crippen molar-refractivity contribution in [3.05, 3.63) is 59.7 Å². The van der Waals surface area contributed by atoms with Gasteiger partial charge in [-0.1, -0.05) is 25.1 Å². The number of methoxy groups -OCH3 is 1. The van der Waals surface area contributed by atoms with Gasteiger partial charge in [0.05, 0.1) is 12.7 Å². The van der Waals surface area contributed by atoms with Crippen LogP contribution in [-0.4, -0.2) is 37.0 Å². The molecule has 0 spiro atoms. The number of hydrogen-bond donors (Lipinski definition) is 0. The molecule has 4 nitrogen and oxygen atoms in total. The fraction of sp³-hybridized carbons (Fsp3) is 0.435. The van der Waals surface area contributed by atoms with E-state index in [1.165, 1.54) is 6.07 Å². The lowest BCUT2D eigenvalue weighted by molar-refractivity contribution is -0.138. The van der Waals surface area contributed by atoms with E-state index in [-0.39, 0.29) is 18.5 Å². The predicted molar refractivity (Wildman–Crippen MR) is 111 cm³/mol. The normalized spacial score (nSPS) is 15.8. The minimum Gasteiger partial charge on any atom is -0.497 e. The molecular formula is C23H27F3N2O2. The Balaban J connectivity index is 1.69. The summed E-state index contributed by atoms with van der Waals surface area (Å²) >= 11 is 0. The van der Waals surface area contributed by atoms with Crippen molar-refractivity contribution in [3.8, 4) is 5.75 Å². The van der Waals surface area contributed by atoms with Crippen molar-refractivity contribution < 1.29 is 22.7 Å². The van der Waals surface area contributed by atoms with Gasteiger partial charge in [-0.2, -0.15) is 13.2 Å². The zero-order chi connectivity index (χ0) is 21.7. The van der Waals surface area contributed by atoms with Crippen LogP contribution in [0.25, 0.3) is 0 Å². The monoisotopic (exact) mass is 420 g/mol. The summed E-state index contributed by atoms with van der Waals surface area (Å²) < 4.78 is 45.0. The van der Waals surface area contributed by atoms with E-state index in [4.69, 9.17) is 4.74 Å². The Morgan fingerprint density at radius 2 is 1.73 bits per heavy atom. The number of likely N-dealkylation sites (tertiary alicyclic amines) is 1. The highest BCUT2D eigenvalue weighted by Crippen LogP contribution is 2.33. The van der Waals surface area contributed by atoms with Crippen LogP contribution in [0.1, 0.15) is 37.3 Å². The highest BCUT2D eigenvalue weighted by molar-refractivity contribution is 5.93. The Morgan fingerprint density at radius 3 is 2.30 bits per heavy atom. The first-order valence-electron chi connectivity index (χ1n) is 10.2. The quantitative estimate of drug-likeness (QED) is 0.650. The van der Waals surface area contributed by atoms with Crippen molar-refractivity contribution in [2.24, 2.45) is 0 Å². The molecule has 0 unspecified atom stereocenters. The van der Waals surface area contributed by atoms with Crippen LogP contribution in [0.15, 0.2) is 48.5 Å². The van der Waals surface area contributed by atoms with Crippen molar-refractivity contribution in [3.63, 3.8) is 0 Å². The fourth-order valence-corrected chi connectivity index (χ4v) is 3.98. The third-order valence-corrected chi connectivity index (χ3v) is 5.56. The van der Waals surface area contributed by atoms with Gasteiger partial charge in [-0.15, -0.1) is 0 Å². The molecule has 1 amide bonds. The highest BCUT2D eigenvalue weighted by Gasteiger charge is 2.34. The van der Waals surface area contributed by atoms with E-state index >= 15 is 0 Å². The average molecular weight is 420 g/mol. The van der Waals surface area contributed by atoms with Crippen LogP contribution in [-0.2, 0) is 17.5 Å². The van der Waals surface area contributed by atoms with Crippen molar-refractivity contribution in [1.82, 2.24) is 4.90 Å². The molecule has 2 aromatic rings. The van der Waals surface area contributed by atoms with E-state index in [0.29, 0.717) is 37.9 Å². The molecule has 162 valence electrons. The molecule has 0 N–H and O–H groups in total. The SMILES string of the molecule is CCC(=O)N(c1ccc(OC)cc1)C1CCN(Cc2ccccc2C(F)(F)F)CC1. The number of carbonyl (C=O) groups excluding carboxylic acids is 1. The molecule has 1 fully saturated rings. The van der Waals surface area contributed by atoms with E-state index in [9.17, 15) is 18.0 Å². The molecule has 3 rings (SSSR count). The second-order valence-corrected chi connectivity index (χ2v) is 7.48. The van der Waals surface area contributed by atoms with Crippen LogP contribution in [0.4, 0.5) is 18.9 Å². The summed E-state index contributed by atoms with van der Waals surface area (Å²) in [6.07, 6.45) is -2.53. The molecular weight excluding hydrogens is 393 g/mol. The minimum atomic E-state index is -4.35. The molecule has 0 aliphatic carbocycles. The molecule has 1 saturated heterocycles. The minimum absolute atomic E-state index is 0.0277. The van der Waals surface area contributed by atoms with Gasteiger partial charge >= 0.3 is 6.18 Å². The number of piperidine rings is 1. The first-order valence-corrected chi connectivity index (χ1v) is 10.2. The van der Waals surface area contributed by atoms with Gasteiger partial charge in [0.25, 0.3) is 0 Å². The summed E-state index contributed by atoms with van der Waals surface area (Å²) in [5.41, 5.74) is 0.539. The lowest BCUT2D eigenvalue weighted by atomic mass is 10.00. The number of rotatable bonds is 6. The first kappa shape index (κ1) is 22.2. The third-order valence-electron chi connectivity index (χ3n) is 5.56. The molecule has 0 radical (unpaired) electrons. The van der Waals surface area contributed by atoms with Crippen molar-refractivity contribution >= 4 is 11.6 Å². The Bertz CT molecular complexity index is 844. The number of benzene rings is 2. The van der Waals surface area contributed by atoms with Crippen LogP contribution in [0.3, 0.4) is 0 Å². The van der Waals surface area contributed by atoms with Gasteiger partial charge in [0.1, 0.15) is 5.75 Å². The molecule has 2 aromatic carbocycles. The first-order chi connectivity index (χ1) is 14.3. The summed E-state index contributed by atoms with van der Waals surface area (Å²) in [6, 6.07) is 13.2. The highest BCUT2D eigenvalue weighted by atomic mass is 19.4. The second-order valence-electron chi connectivity index (χ2n) is 7.48. The van der Waals surface area contributed by atoms with Crippen LogP contribution in [0.2, 0.25) is 0 Å².